The molecular weight excluding hydrogens is 421 g/mol. The molecule has 0 bridgehead atoms. The fourth-order valence-corrected chi connectivity index (χ4v) is 5.44. The number of hydrogen-bond donors (Lipinski definition) is 2. The predicted octanol–water partition coefficient (Wildman–Crippen LogP) is 2.79. The summed E-state index contributed by atoms with van der Waals surface area (Å²) in [5, 5.41) is 3.88. The van der Waals surface area contributed by atoms with Crippen molar-refractivity contribution in [3.05, 3.63) is 33.8 Å². The number of benzene rings is 1. The van der Waals surface area contributed by atoms with Crippen LogP contribution in [0.2, 0.25) is 10.0 Å². The molecule has 1 heterocycles. The molecule has 0 atom stereocenters. The molecule has 0 radical (unpaired) electrons. The summed E-state index contributed by atoms with van der Waals surface area (Å²) < 4.78 is 26.3. The molecule has 6 nitrogen and oxygen atoms in total. The minimum atomic E-state index is -3.10. The summed E-state index contributed by atoms with van der Waals surface area (Å²) in [7, 11) is -3.10. The average molecular weight is 448 g/mol. The Hall–Kier alpha value is -0.860. The Morgan fingerprint density at radius 2 is 1.71 bits per heavy atom. The highest BCUT2D eigenvalue weighted by molar-refractivity contribution is 7.90. The molecule has 1 aliphatic carbocycles. The Bertz CT molecular complexity index is 771. The number of carbonyl (C=O) groups is 1. The molecule has 1 saturated heterocycles. The van der Waals surface area contributed by atoms with Crippen molar-refractivity contribution in [3.63, 3.8) is 0 Å². The van der Waals surface area contributed by atoms with E-state index < -0.39 is 10.0 Å². The zero-order valence-corrected chi connectivity index (χ0v) is 18.1. The van der Waals surface area contributed by atoms with Crippen molar-refractivity contribution in [3.8, 4) is 0 Å². The first-order chi connectivity index (χ1) is 13.3. The molecule has 2 N–H and O–H groups in total. The molecule has 1 aliphatic heterocycles. The first kappa shape index (κ1) is 21.8. The maximum atomic E-state index is 12.2. The van der Waals surface area contributed by atoms with Gasteiger partial charge in [-0.2, -0.15) is 0 Å². The Morgan fingerprint density at radius 1 is 1.07 bits per heavy atom. The van der Waals surface area contributed by atoms with E-state index in [1.807, 2.05) is 0 Å². The lowest BCUT2D eigenvalue weighted by Crippen LogP contribution is -2.41. The van der Waals surface area contributed by atoms with Gasteiger partial charge in [0.05, 0.1) is 5.25 Å². The highest BCUT2D eigenvalue weighted by atomic mass is 35.5. The zero-order chi connectivity index (χ0) is 20.1. The molecule has 0 aromatic heterocycles. The number of piperidine rings is 1. The van der Waals surface area contributed by atoms with Gasteiger partial charge in [-0.05, 0) is 68.5 Å². The number of rotatable bonds is 9. The lowest BCUT2D eigenvalue weighted by molar-refractivity contribution is -0.122. The summed E-state index contributed by atoms with van der Waals surface area (Å²) in [6.07, 6.45) is 3.98. The number of nitrogens with one attached hydrogen (secondary N) is 2. The van der Waals surface area contributed by atoms with Crippen LogP contribution >= 0.6 is 23.2 Å². The molecule has 1 aromatic rings. The standard InChI is InChI=1S/C19H27Cl2N3O3S/c20-16-9-15(10-17(21)12-16)13-22-19(25)11-14-3-6-24(7-4-14)8-5-23-28(26,27)18-1-2-18/h9-10,12,14,18,23H,1-8,11,13H2,(H,22,25). The average Bonchev–Trinajstić information content (AvgIpc) is 3.46. The molecule has 2 aliphatic rings. The number of sulfonamides is 1. The van der Waals surface area contributed by atoms with Crippen LogP contribution in [0, 0.1) is 5.92 Å². The first-order valence-electron chi connectivity index (χ1n) is 9.74. The van der Waals surface area contributed by atoms with Gasteiger partial charge in [-0.15, -0.1) is 0 Å². The molecule has 3 rings (SSSR count). The van der Waals surface area contributed by atoms with Crippen molar-refractivity contribution >= 4 is 39.1 Å². The van der Waals surface area contributed by atoms with Crippen molar-refractivity contribution < 1.29 is 13.2 Å². The van der Waals surface area contributed by atoms with E-state index in [1.165, 1.54) is 0 Å². The van der Waals surface area contributed by atoms with Crippen molar-refractivity contribution in [2.75, 3.05) is 26.2 Å². The summed E-state index contributed by atoms with van der Waals surface area (Å²) in [6, 6.07) is 5.26. The third-order valence-corrected chi connectivity index (χ3v) is 7.68. The van der Waals surface area contributed by atoms with Crippen molar-refractivity contribution in [2.24, 2.45) is 5.92 Å². The topological polar surface area (TPSA) is 78.5 Å². The highest BCUT2D eigenvalue weighted by Crippen LogP contribution is 2.27. The van der Waals surface area contributed by atoms with Crippen LogP contribution in [0.4, 0.5) is 0 Å². The van der Waals surface area contributed by atoms with E-state index in [-0.39, 0.29) is 11.2 Å². The van der Waals surface area contributed by atoms with Crippen LogP contribution in [0.1, 0.15) is 37.7 Å². The minimum Gasteiger partial charge on any atom is -0.352 e. The van der Waals surface area contributed by atoms with E-state index in [0.717, 1.165) is 50.9 Å². The predicted molar refractivity (Wildman–Crippen MR) is 112 cm³/mol. The van der Waals surface area contributed by atoms with Gasteiger partial charge in [0.1, 0.15) is 0 Å². The third kappa shape index (κ3) is 6.88. The van der Waals surface area contributed by atoms with Crippen LogP contribution in [0.15, 0.2) is 18.2 Å². The normalized spacial score (nSPS) is 18.9. The van der Waals surface area contributed by atoms with Crippen LogP contribution in [0.5, 0.6) is 0 Å². The minimum absolute atomic E-state index is 0.0340. The summed E-state index contributed by atoms with van der Waals surface area (Å²) in [5.41, 5.74) is 0.884. The van der Waals surface area contributed by atoms with E-state index in [4.69, 9.17) is 23.2 Å². The van der Waals surface area contributed by atoms with Crippen molar-refractivity contribution in [1.82, 2.24) is 14.9 Å². The Kier molecular flexibility index (Phi) is 7.61. The highest BCUT2D eigenvalue weighted by Gasteiger charge is 2.35. The fraction of sp³-hybridized carbons (Fsp3) is 0.632. The summed E-state index contributed by atoms with van der Waals surface area (Å²) in [6.45, 7) is 3.39. The van der Waals surface area contributed by atoms with Gasteiger partial charge < -0.3 is 10.2 Å². The first-order valence-corrected chi connectivity index (χ1v) is 12.0. The number of amides is 1. The lowest BCUT2D eigenvalue weighted by atomic mass is 9.93. The van der Waals surface area contributed by atoms with E-state index >= 15 is 0 Å². The summed E-state index contributed by atoms with van der Waals surface area (Å²) in [5.74, 6) is 0.397. The molecule has 9 heteroatoms. The maximum Gasteiger partial charge on any atom is 0.220 e. The van der Waals surface area contributed by atoms with Gasteiger partial charge in [0.2, 0.25) is 15.9 Å². The molecule has 0 spiro atoms. The Labute approximate surface area is 177 Å². The van der Waals surface area contributed by atoms with Crippen LogP contribution in [0.25, 0.3) is 0 Å². The van der Waals surface area contributed by atoms with E-state index in [0.29, 0.717) is 35.5 Å². The van der Waals surface area contributed by atoms with Gasteiger partial charge in [0, 0.05) is 36.1 Å². The second kappa shape index (κ2) is 9.76. The van der Waals surface area contributed by atoms with Crippen LogP contribution in [0.3, 0.4) is 0 Å². The van der Waals surface area contributed by atoms with Gasteiger partial charge in [-0.1, -0.05) is 23.2 Å². The number of hydrogen-bond acceptors (Lipinski definition) is 4. The second-order valence-electron chi connectivity index (χ2n) is 7.68. The van der Waals surface area contributed by atoms with E-state index in [9.17, 15) is 13.2 Å². The fourth-order valence-electron chi connectivity index (χ4n) is 3.50. The summed E-state index contributed by atoms with van der Waals surface area (Å²) in [4.78, 5) is 14.5. The van der Waals surface area contributed by atoms with Crippen molar-refractivity contribution in [1.29, 1.82) is 0 Å². The van der Waals surface area contributed by atoms with Crippen molar-refractivity contribution in [2.45, 2.75) is 43.9 Å². The van der Waals surface area contributed by atoms with Crippen LogP contribution in [-0.4, -0.2) is 50.7 Å². The van der Waals surface area contributed by atoms with Crippen LogP contribution in [-0.2, 0) is 21.4 Å². The van der Waals surface area contributed by atoms with Gasteiger partial charge in [0.15, 0.2) is 0 Å². The van der Waals surface area contributed by atoms with Gasteiger partial charge in [-0.25, -0.2) is 13.1 Å². The van der Waals surface area contributed by atoms with Gasteiger partial charge in [0.25, 0.3) is 0 Å². The Morgan fingerprint density at radius 3 is 2.32 bits per heavy atom. The largest absolute Gasteiger partial charge is 0.352 e. The summed E-state index contributed by atoms with van der Waals surface area (Å²) >= 11 is 11.9. The zero-order valence-electron chi connectivity index (χ0n) is 15.8. The molecule has 0 unspecified atom stereocenters. The Balaban J connectivity index is 1.31. The van der Waals surface area contributed by atoms with Gasteiger partial charge in [-0.3, -0.25) is 4.79 Å². The molecule has 1 aromatic carbocycles. The molecule has 1 amide bonds. The maximum absolute atomic E-state index is 12.2. The number of halogens is 2. The van der Waals surface area contributed by atoms with Gasteiger partial charge >= 0.3 is 0 Å². The van der Waals surface area contributed by atoms with E-state index in [1.54, 1.807) is 18.2 Å². The lowest BCUT2D eigenvalue weighted by Gasteiger charge is -2.31. The number of carbonyl (C=O) groups excluding carboxylic acids is 1. The molecular formula is C19H27Cl2N3O3S. The SMILES string of the molecule is O=C(CC1CCN(CCNS(=O)(=O)C2CC2)CC1)NCc1cc(Cl)cc(Cl)c1. The third-order valence-electron chi connectivity index (χ3n) is 5.29. The smallest absolute Gasteiger partial charge is 0.220 e. The monoisotopic (exact) mass is 447 g/mol. The number of likely N-dealkylation sites (tertiary alicyclic amines) is 1. The molecule has 1 saturated carbocycles. The molecule has 2 fully saturated rings. The number of nitrogens with zero attached hydrogens (tertiary/aromatic N) is 1. The molecule has 156 valence electrons. The van der Waals surface area contributed by atoms with E-state index in [2.05, 4.69) is 14.9 Å². The molecule has 28 heavy (non-hydrogen) atoms. The van der Waals surface area contributed by atoms with Crippen LogP contribution < -0.4 is 10.0 Å². The second-order valence-corrected chi connectivity index (χ2v) is 10.6. The quantitative estimate of drug-likeness (QED) is 0.609.